The first kappa shape index (κ1) is 14.2. The van der Waals surface area contributed by atoms with Crippen molar-refractivity contribution >= 4 is 33.5 Å². The van der Waals surface area contributed by atoms with Crippen molar-refractivity contribution in [3.8, 4) is 5.75 Å². The highest BCUT2D eigenvalue weighted by atomic mass is 79.9. The summed E-state index contributed by atoms with van der Waals surface area (Å²) in [7, 11) is 0. The van der Waals surface area contributed by atoms with Crippen LogP contribution in [0.4, 0.5) is 8.78 Å². The maximum atomic E-state index is 12.1. The summed E-state index contributed by atoms with van der Waals surface area (Å²) >= 11 is 8.94. The summed E-state index contributed by atoms with van der Waals surface area (Å²) in [6, 6.07) is 2.63. The average Bonchev–Trinajstić information content (AvgIpc) is 2.21. The SMILES string of the molecule is O=C(O)Cc1cc(OC(F)F)c(CBr)cc1Cl. The molecule has 0 radical (unpaired) electrons. The van der Waals surface area contributed by atoms with Crippen LogP contribution < -0.4 is 4.74 Å². The van der Waals surface area contributed by atoms with Gasteiger partial charge in [-0.05, 0) is 17.7 Å². The molecule has 7 heteroatoms. The Labute approximate surface area is 109 Å². The lowest BCUT2D eigenvalue weighted by Gasteiger charge is -2.12. The molecule has 0 aliphatic rings. The van der Waals surface area contributed by atoms with E-state index in [4.69, 9.17) is 16.7 Å². The van der Waals surface area contributed by atoms with Crippen molar-refractivity contribution < 1.29 is 23.4 Å². The van der Waals surface area contributed by atoms with Crippen molar-refractivity contribution in [3.05, 3.63) is 28.3 Å². The molecule has 0 amide bonds. The summed E-state index contributed by atoms with van der Waals surface area (Å²) in [4.78, 5) is 10.6. The molecule has 0 atom stereocenters. The van der Waals surface area contributed by atoms with Crippen molar-refractivity contribution in [2.24, 2.45) is 0 Å². The predicted molar refractivity (Wildman–Crippen MR) is 62.1 cm³/mol. The minimum absolute atomic E-state index is 0.0717. The van der Waals surface area contributed by atoms with Crippen molar-refractivity contribution in [2.75, 3.05) is 0 Å². The molecule has 3 nitrogen and oxygen atoms in total. The number of rotatable bonds is 5. The summed E-state index contributed by atoms with van der Waals surface area (Å²) in [5.41, 5.74) is 0.670. The third kappa shape index (κ3) is 4.12. The minimum Gasteiger partial charge on any atom is -0.481 e. The fraction of sp³-hybridized carbons (Fsp3) is 0.300. The zero-order valence-electron chi connectivity index (χ0n) is 8.42. The normalized spacial score (nSPS) is 10.6. The summed E-state index contributed by atoms with van der Waals surface area (Å²) in [6.07, 6.45) is -0.346. The van der Waals surface area contributed by atoms with Crippen LogP contribution in [0.15, 0.2) is 12.1 Å². The van der Waals surface area contributed by atoms with Crippen LogP contribution in [0.2, 0.25) is 5.02 Å². The fourth-order valence-electron chi connectivity index (χ4n) is 1.25. The van der Waals surface area contributed by atoms with Crippen LogP contribution in [-0.4, -0.2) is 17.7 Å². The standard InChI is InChI=1S/C10H8BrClF2O3/c11-4-6-1-7(12)5(3-9(15)16)2-8(6)17-10(13)14/h1-2,10H,3-4H2,(H,15,16). The molecule has 0 bridgehead atoms. The number of alkyl halides is 3. The predicted octanol–water partition coefficient (Wildman–Crippen LogP) is 3.46. The Morgan fingerprint density at radius 2 is 2.12 bits per heavy atom. The third-order valence-corrected chi connectivity index (χ3v) is 2.89. The topological polar surface area (TPSA) is 46.5 Å². The van der Waals surface area contributed by atoms with Crippen LogP contribution in [0.1, 0.15) is 11.1 Å². The number of hydrogen-bond acceptors (Lipinski definition) is 2. The number of aliphatic carboxylic acids is 1. The van der Waals surface area contributed by atoms with Gasteiger partial charge in [0.15, 0.2) is 0 Å². The van der Waals surface area contributed by atoms with Gasteiger partial charge in [0.1, 0.15) is 5.75 Å². The Balaban J connectivity index is 3.12. The van der Waals surface area contributed by atoms with Gasteiger partial charge in [-0.1, -0.05) is 27.5 Å². The van der Waals surface area contributed by atoms with Gasteiger partial charge in [0.05, 0.1) is 6.42 Å². The number of halogens is 4. The quantitative estimate of drug-likeness (QED) is 0.842. The summed E-state index contributed by atoms with van der Waals surface area (Å²) in [5.74, 6) is -1.17. The van der Waals surface area contributed by atoms with Crippen LogP contribution in [0.5, 0.6) is 5.75 Å². The van der Waals surface area contributed by atoms with E-state index in [1.54, 1.807) is 0 Å². The Kier molecular flexibility index (Phi) is 5.14. The van der Waals surface area contributed by atoms with Gasteiger partial charge in [0.2, 0.25) is 0 Å². The largest absolute Gasteiger partial charge is 0.481 e. The van der Waals surface area contributed by atoms with Gasteiger partial charge in [-0.3, -0.25) is 4.79 Å². The molecule has 1 rings (SSSR count). The van der Waals surface area contributed by atoms with E-state index >= 15 is 0 Å². The molecular weight excluding hydrogens is 321 g/mol. The van der Waals surface area contributed by atoms with Crippen molar-refractivity contribution in [2.45, 2.75) is 18.4 Å². The highest BCUT2D eigenvalue weighted by Crippen LogP contribution is 2.30. The first-order valence-electron chi connectivity index (χ1n) is 4.48. The van der Waals surface area contributed by atoms with Gasteiger partial charge in [-0.15, -0.1) is 0 Å². The second kappa shape index (κ2) is 6.16. The molecule has 1 aromatic rings. The van der Waals surface area contributed by atoms with Gasteiger partial charge >= 0.3 is 12.6 Å². The van der Waals surface area contributed by atoms with E-state index in [0.717, 1.165) is 0 Å². The highest BCUT2D eigenvalue weighted by Gasteiger charge is 2.14. The maximum Gasteiger partial charge on any atom is 0.387 e. The molecule has 0 spiro atoms. The van der Waals surface area contributed by atoms with Crippen molar-refractivity contribution in [3.63, 3.8) is 0 Å². The van der Waals surface area contributed by atoms with E-state index < -0.39 is 12.6 Å². The van der Waals surface area contributed by atoms with Crippen LogP contribution >= 0.6 is 27.5 Å². The fourth-order valence-corrected chi connectivity index (χ4v) is 1.94. The van der Waals surface area contributed by atoms with E-state index in [1.807, 2.05) is 0 Å². The second-order valence-electron chi connectivity index (χ2n) is 3.13. The highest BCUT2D eigenvalue weighted by molar-refractivity contribution is 9.08. The van der Waals surface area contributed by atoms with E-state index in [2.05, 4.69) is 20.7 Å². The molecule has 0 saturated carbocycles. The van der Waals surface area contributed by atoms with Crippen LogP contribution in [0.25, 0.3) is 0 Å². The molecular formula is C10H8BrClF2O3. The van der Waals surface area contributed by atoms with Gasteiger partial charge in [-0.2, -0.15) is 8.78 Å². The van der Waals surface area contributed by atoms with E-state index in [9.17, 15) is 13.6 Å². The Hall–Kier alpha value is -0.880. The van der Waals surface area contributed by atoms with Crippen LogP contribution in [0.3, 0.4) is 0 Å². The molecule has 0 aliphatic heterocycles. The number of ether oxygens (including phenoxy) is 1. The molecule has 0 aromatic heterocycles. The molecule has 0 fully saturated rings. The van der Waals surface area contributed by atoms with Crippen molar-refractivity contribution in [1.29, 1.82) is 0 Å². The Bertz CT molecular complexity index is 426. The van der Waals surface area contributed by atoms with Crippen LogP contribution in [-0.2, 0) is 16.5 Å². The first-order chi connectivity index (χ1) is 7.93. The number of carbonyl (C=O) groups is 1. The molecule has 0 unspecified atom stereocenters. The zero-order valence-corrected chi connectivity index (χ0v) is 10.8. The van der Waals surface area contributed by atoms with Gasteiger partial charge < -0.3 is 9.84 Å². The number of hydrogen-bond donors (Lipinski definition) is 1. The molecule has 17 heavy (non-hydrogen) atoms. The van der Waals surface area contributed by atoms with Gasteiger partial charge in [-0.25, -0.2) is 0 Å². The molecule has 0 saturated heterocycles. The van der Waals surface area contributed by atoms with E-state index in [-0.39, 0.29) is 28.1 Å². The molecule has 94 valence electrons. The summed E-state index contributed by atoms with van der Waals surface area (Å²) in [5, 5.41) is 9.13. The van der Waals surface area contributed by atoms with Crippen LogP contribution in [0, 0.1) is 0 Å². The summed E-state index contributed by atoms with van der Waals surface area (Å²) in [6.45, 7) is -2.97. The first-order valence-corrected chi connectivity index (χ1v) is 5.98. The zero-order chi connectivity index (χ0) is 13.0. The number of benzene rings is 1. The lowest BCUT2D eigenvalue weighted by atomic mass is 10.1. The lowest BCUT2D eigenvalue weighted by molar-refractivity contribution is -0.136. The monoisotopic (exact) mass is 328 g/mol. The molecule has 0 aliphatic carbocycles. The van der Waals surface area contributed by atoms with E-state index in [0.29, 0.717) is 5.56 Å². The molecule has 1 aromatic carbocycles. The maximum absolute atomic E-state index is 12.1. The minimum atomic E-state index is -2.97. The Morgan fingerprint density at radius 3 is 2.59 bits per heavy atom. The number of carboxylic acid groups (broad SMARTS) is 1. The molecule has 0 heterocycles. The van der Waals surface area contributed by atoms with Gasteiger partial charge in [0, 0.05) is 15.9 Å². The average molecular weight is 330 g/mol. The molecule has 1 N–H and O–H groups in total. The smallest absolute Gasteiger partial charge is 0.387 e. The Morgan fingerprint density at radius 1 is 1.47 bits per heavy atom. The summed E-state index contributed by atoms with van der Waals surface area (Å²) < 4.78 is 28.6. The van der Waals surface area contributed by atoms with Gasteiger partial charge in [0.25, 0.3) is 0 Å². The second-order valence-corrected chi connectivity index (χ2v) is 4.10. The van der Waals surface area contributed by atoms with Crippen molar-refractivity contribution in [1.82, 2.24) is 0 Å². The number of carboxylic acids is 1. The van der Waals surface area contributed by atoms with E-state index in [1.165, 1.54) is 12.1 Å². The lowest BCUT2D eigenvalue weighted by Crippen LogP contribution is -2.06. The third-order valence-electron chi connectivity index (χ3n) is 1.93.